The van der Waals surface area contributed by atoms with Crippen molar-refractivity contribution in [2.24, 2.45) is 0 Å². The third kappa shape index (κ3) is 2.49. The Balaban J connectivity index is 1.95. The van der Waals surface area contributed by atoms with Gasteiger partial charge in [-0.1, -0.05) is 19.1 Å². The van der Waals surface area contributed by atoms with Crippen molar-refractivity contribution in [1.82, 2.24) is 9.97 Å². The van der Waals surface area contributed by atoms with Crippen LogP contribution in [-0.2, 0) is 0 Å². The number of halogens is 1. The Morgan fingerprint density at radius 3 is 2.75 bits per heavy atom. The van der Waals surface area contributed by atoms with Gasteiger partial charge in [0.1, 0.15) is 10.7 Å². The lowest BCUT2D eigenvalue weighted by atomic mass is 10.3. The molecule has 20 heavy (non-hydrogen) atoms. The van der Waals surface area contributed by atoms with E-state index < -0.39 is 5.95 Å². The number of anilines is 1. The van der Waals surface area contributed by atoms with Gasteiger partial charge >= 0.3 is 0 Å². The Kier molecular flexibility index (Phi) is 3.60. The Labute approximate surface area is 120 Å². The highest BCUT2D eigenvalue weighted by molar-refractivity contribution is 7.21. The largest absolute Gasteiger partial charge is 0.381 e. The zero-order valence-corrected chi connectivity index (χ0v) is 11.9. The van der Waals surface area contributed by atoms with Crippen LogP contribution in [0.2, 0.25) is 0 Å². The molecule has 0 unspecified atom stereocenters. The highest BCUT2D eigenvalue weighted by atomic mass is 32.1. The van der Waals surface area contributed by atoms with Crippen LogP contribution in [0.1, 0.15) is 13.3 Å². The molecule has 0 amide bonds. The molecule has 2 heterocycles. The van der Waals surface area contributed by atoms with Crippen LogP contribution >= 0.6 is 11.3 Å². The molecule has 1 N–H and O–H groups in total. The summed E-state index contributed by atoms with van der Waals surface area (Å²) in [5, 5.41) is 3.76. The first kappa shape index (κ1) is 13.0. The van der Waals surface area contributed by atoms with E-state index in [4.69, 9.17) is 0 Å². The van der Waals surface area contributed by atoms with Crippen LogP contribution in [0.5, 0.6) is 0 Å². The van der Waals surface area contributed by atoms with E-state index in [2.05, 4.69) is 15.3 Å². The maximum Gasteiger partial charge on any atom is 0.236 e. The van der Waals surface area contributed by atoms with Crippen LogP contribution in [-0.4, -0.2) is 16.5 Å². The molecule has 0 saturated carbocycles. The third-order valence-corrected chi connectivity index (χ3v) is 3.99. The van der Waals surface area contributed by atoms with Crippen molar-refractivity contribution in [1.29, 1.82) is 0 Å². The number of pyridine rings is 1. The second-order valence-corrected chi connectivity index (χ2v) is 5.48. The molecule has 0 aliphatic heterocycles. The van der Waals surface area contributed by atoms with Crippen molar-refractivity contribution < 1.29 is 4.39 Å². The van der Waals surface area contributed by atoms with Gasteiger partial charge in [0.15, 0.2) is 0 Å². The quantitative estimate of drug-likeness (QED) is 0.726. The Hall–Kier alpha value is -2.01. The van der Waals surface area contributed by atoms with E-state index >= 15 is 0 Å². The number of hydrogen-bond acceptors (Lipinski definition) is 4. The second kappa shape index (κ2) is 5.54. The van der Waals surface area contributed by atoms with E-state index in [0.29, 0.717) is 11.4 Å². The topological polar surface area (TPSA) is 37.8 Å². The van der Waals surface area contributed by atoms with Gasteiger partial charge in [-0.2, -0.15) is 4.39 Å². The fraction of sp³-hybridized carbons (Fsp3) is 0.200. The highest BCUT2D eigenvalue weighted by Gasteiger charge is 2.10. The molecule has 0 spiro atoms. The Morgan fingerprint density at radius 1 is 1.15 bits per heavy atom. The van der Waals surface area contributed by atoms with Crippen molar-refractivity contribution in [2.45, 2.75) is 13.3 Å². The molecule has 5 heteroatoms. The number of nitrogens with one attached hydrogen (secondary N) is 1. The number of thiazole rings is 1. The highest BCUT2D eigenvalue weighted by Crippen LogP contribution is 2.29. The fourth-order valence-corrected chi connectivity index (χ4v) is 2.86. The lowest BCUT2D eigenvalue weighted by molar-refractivity contribution is 0.588. The third-order valence-electron chi connectivity index (χ3n) is 2.93. The molecule has 3 rings (SSSR count). The van der Waals surface area contributed by atoms with Gasteiger partial charge in [-0.05, 0) is 30.7 Å². The predicted octanol–water partition coefficient (Wildman–Crippen LogP) is 4.32. The number of hydrogen-bond donors (Lipinski definition) is 1. The number of aromatic nitrogens is 2. The lowest BCUT2D eigenvalue weighted by Gasteiger charge is -2.05. The van der Waals surface area contributed by atoms with Crippen LogP contribution < -0.4 is 5.32 Å². The van der Waals surface area contributed by atoms with Gasteiger partial charge in [-0.3, -0.25) is 0 Å². The predicted molar refractivity (Wildman–Crippen MR) is 81.6 cm³/mol. The molecule has 0 aliphatic rings. The summed E-state index contributed by atoms with van der Waals surface area (Å²) >= 11 is 1.52. The first-order valence-corrected chi connectivity index (χ1v) is 7.36. The number of rotatable bonds is 4. The molecule has 0 aliphatic carbocycles. The monoisotopic (exact) mass is 287 g/mol. The molecule has 0 saturated heterocycles. The molecular formula is C15H14FN3S. The molecule has 1 aromatic carbocycles. The first-order valence-electron chi connectivity index (χ1n) is 6.54. The minimum absolute atomic E-state index is 0.441. The van der Waals surface area contributed by atoms with Crippen molar-refractivity contribution in [3.05, 3.63) is 42.3 Å². The molecule has 0 radical (unpaired) electrons. The average molecular weight is 287 g/mol. The molecule has 3 nitrogen and oxygen atoms in total. The Bertz CT molecular complexity index is 706. The normalized spacial score (nSPS) is 10.9. The average Bonchev–Trinajstić information content (AvgIpc) is 2.90. The van der Waals surface area contributed by atoms with Gasteiger partial charge in [0.05, 0.1) is 15.9 Å². The number of benzene rings is 1. The van der Waals surface area contributed by atoms with E-state index in [1.54, 1.807) is 12.1 Å². The minimum atomic E-state index is -0.477. The standard InChI is InChI=1S/C15H14FN3S/c1-2-9-17-11-7-8-12(18-14(11)16)15-19-10-5-3-4-6-13(10)20-15/h3-8,17H,2,9H2,1H3. The summed E-state index contributed by atoms with van der Waals surface area (Å²) in [5.41, 5.74) is 1.94. The van der Waals surface area contributed by atoms with Crippen molar-refractivity contribution in [3.8, 4) is 10.7 Å². The van der Waals surface area contributed by atoms with Crippen LogP contribution in [0.15, 0.2) is 36.4 Å². The summed E-state index contributed by atoms with van der Waals surface area (Å²) in [6, 6.07) is 11.4. The van der Waals surface area contributed by atoms with Crippen molar-refractivity contribution >= 4 is 27.2 Å². The Morgan fingerprint density at radius 2 is 2.00 bits per heavy atom. The van der Waals surface area contributed by atoms with E-state index in [0.717, 1.165) is 28.2 Å². The molecule has 0 fully saturated rings. The second-order valence-electron chi connectivity index (χ2n) is 4.45. The van der Waals surface area contributed by atoms with Gasteiger partial charge in [0.2, 0.25) is 5.95 Å². The zero-order chi connectivity index (χ0) is 13.9. The van der Waals surface area contributed by atoms with Crippen LogP contribution in [0, 0.1) is 5.95 Å². The SMILES string of the molecule is CCCNc1ccc(-c2nc3ccccc3s2)nc1F. The van der Waals surface area contributed by atoms with E-state index in [1.807, 2.05) is 31.2 Å². The smallest absolute Gasteiger partial charge is 0.236 e. The van der Waals surface area contributed by atoms with Crippen LogP contribution in [0.25, 0.3) is 20.9 Å². The summed E-state index contributed by atoms with van der Waals surface area (Å²) in [7, 11) is 0. The molecule has 2 aromatic heterocycles. The summed E-state index contributed by atoms with van der Waals surface area (Å²) in [5.74, 6) is -0.477. The summed E-state index contributed by atoms with van der Waals surface area (Å²) < 4.78 is 15.0. The maximum atomic E-state index is 13.9. The van der Waals surface area contributed by atoms with Crippen molar-refractivity contribution in [3.63, 3.8) is 0 Å². The molecule has 0 bridgehead atoms. The molecule has 0 atom stereocenters. The number of nitrogens with zero attached hydrogens (tertiary/aromatic N) is 2. The summed E-state index contributed by atoms with van der Waals surface area (Å²) in [6.07, 6.45) is 0.944. The number of para-hydroxylation sites is 1. The van der Waals surface area contributed by atoms with Gasteiger partial charge in [0, 0.05) is 6.54 Å². The van der Waals surface area contributed by atoms with E-state index in [-0.39, 0.29) is 0 Å². The summed E-state index contributed by atoms with van der Waals surface area (Å²) in [6.45, 7) is 2.77. The van der Waals surface area contributed by atoms with Gasteiger partial charge in [0.25, 0.3) is 0 Å². The first-order chi connectivity index (χ1) is 9.78. The van der Waals surface area contributed by atoms with Gasteiger partial charge in [-0.15, -0.1) is 11.3 Å². The summed E-state index contributed by atoms with van der Waals surface area (Å²) in [4.78, 5) is 8.50. The van der Waals surface area contributed by atoms with Crippen molar-refractivity contribution in [2.75, 3.05) is 11.9 Å². The van der Waals surface area contributed by atoms with Crippen LogP contribution in [0.4, 0.5) is 10.1 Å². The van der Waals surface area contributed by atoms with Crippen LogP contribution in [0.3, 0.4) is 0 Å². The molecule has 3 aromatic rings. The zero-order valence-electron chi connectivity index (χ0n) is 11.1. The van der Waals surface area contributed by atoms with Gasteiger partial charge in [-0.25, -0.2) is 9.97 Å². The minimum Gasteiger partial charge on any atom is -0.381 e. The van der Waals surface area contributed by atoms with Gasteiger partial charge < -0.3 is 5.32 Å². The van der Waals surface area contributed by atoms with E-state index in [1.165, 1.54) is 11.3 Å². The maximum absolute atomic E-state index is 13.9. The lowest BCUT2D eigenvalue weighted by Crippen LogP contribution is -2.03. The fourth-order valence-electron chi connectivity index (χ4n) is 1.93. The van der Waals surface area contributed by atoms with E-state index in [9.17, 15) is 4.39 Å². The number of fused-ring (bicyclic) bond motifs is 1. The molecular weight excluding hydrogens is 273 g/mol. The molecule has 102 valence electrons.